The zero-order valence-corrected chi connectivity index (χ0v) is 17.6. The molecule has 1 atom stereocenters. The van der Waals surface area contributed by atoms with Gasteiger partial charge in [0.15, 0.2) is 11.5 Å². The Hall–Kier alpha value is -2.79. The maximum atomic E-state index is 12.7. The van der Waals surface area contributed by atoms with Crippen LogP contribution >= 0.6 is 0 Å². The van der Waals surface area contributed by atoms with Gasteiger partial charge in [0.2, 0.25) is 15.9 Å². The molecule has 0 radical (unpaired) electrons. The van der Waals surface area contributed by atoms with Gasteiger partial charge in [0.05, 0.1) is 42.2 Å². The van der Waals surface area contributed by atoms with Crippen LogP contribution in [0.15, 0.2) is 47.4 Å². The maximum Gasteiger partial charge on any atom is 0.261 e. The number of ether oxygens (including phenoxy) is 2. The summed E-state index contributed by atoms with van der Waals surface area (Å²) in [7, 11) is -4.81. The predicted molar refractivity (Wildman–Crippen MR) is 107 cm³/mol. The topological polar surface area (TPSA) is 119 Å². The van der Waals surface area contributed by atoms with E-state index in [0.29, 0.717) is 11.5 Å². The second kappa shape index (κ2) is 7.56. The van der Waals surface area contributed by atoms with Crippen molar-refractivity contribution >= 4 is 37.3 Å². The Morgan fingerprint density at radius 1 is 1.03 bits per heavy atom. The number of benzene rings is 2. The van der Waals surface area contributed by atoms with E-state index in [9.17, 15) is 21.6 Å². The first-order valence-corrected chi connectivity index (χ1v) is 11.6. The van der Waals surface area contributed by atoms with Crippen molar-refractivity contribution in [3.05, 3.63) is 42.5 Å². The third-order valence-corrected chi connectivity index (χ3v) is 7.64. The first-order valence-electron chi connectivity index (χ1n) is 8.51. The monoisotopic (exact) mass is 440 g/mol. The molecule has 0 spiro atoms. The van der Waals surface area contributed by atoms with Gasteiger partial charge in [-0.2, -0.15) is 0 Å². The number of nitrogens with zero attached hydrogens (tertiary/aromatic N) is 1. The fraction of sp³-hybridized carbons (Fsp3) is 0.278. The second-order valence-electron chi connectivity index (χ2n) is 6.45. The fourth-order valence-corrected chi connectivity index (χ4v) is 5.83. The number of rotatable bonds is 6. The molecular weight excluding hydrogens is 420 g/mol. The summed E-state index contributed by atoms with van der Waals surface area (Å²) in [4.78, 5) is 12.1. The van der Waals surface area contributed by atoms with E-state index >= 15 is 0 Å². The highest BCUT2D eigenvalue weighted by molar-refractivity contribution is 7.94. The summed E-state index contributed by atoms with van der Waals surface area (Å²) in [5, 5.41) is 0. The predicted octanol–water partition coefficient (Wildman–Crippen LogP) is 1.82. The number of sulfonamides is 2. The number of carbonyl (C=O) groups is 1. The highest BCUT2D eigenvalue weighted by Crippen LogP contribution is 2.32. The number of hydrogen-bond acceptors (Lipinski definition) is 7. The van der Waals surface area contributed by atoms with Crippen molar-refractivity contribution in [3.63, 3.8) is 0 Å². The number of hydrogen-bond donors (Lipinski definition) is 1. The van der Waals surface area contributed by atoms with E-state index in [0.717, 1.165) is 4.31 Å². The molecule has 1 aliphatic rings. The van der Waals surface area contributed by atoms with Crippen LogP contribution in [0.2, 0.25) is 0 Å². The SMILES string of the molecule is COc1ccc(NS(=O)(=O)c2ccc(N3C(=O)C(C)CS3(=O)=O)cc2)cc1OC. The Morgan fingerprint density at radius 3 is 2.17 bits per heavy atom. The number of anilines is 2. The van der Waals surface area contributed by atoms with Gasteiger partial charge < -0.3 is 9.47 Å². The third-order valence-electron chi connectivity index (χ3n) is 4.38. The lowest BCUT2D eigenvalue weighted by Gasteiger charge is -2.16. The minimum Gasteiger partial charge on any atom is -0.493 e. The van der Waals surface area contributed by atoms with Crippen molar-refractivity contribution in [1.82, 2.24) is 0 Å². The smallest absolute Gasteiger partial charge is 0.261 e. The Bertz CT molecular complexity index is 1140. The van der Waals surface area contributed by atoms with Crippen LogP contribution in [0.5, 0.6) is 11.5 Å². The summed E-state index contributed by atoms with van der Waals surface area (Å²) in [5.41, 5.74) is 0.363. The van der Waals surface area contributed by atoms with Gasteiger partial charge in [-0.3, -0.25) is 9.52 Å². The Kier molecular flexibility index (Phi) is 5.46. The average Bonchev–Trinajstić information content (AvgIpc) is 2.88. The maximum absolute atomic E-state index is 12.7. The number of carbonyl (C=O) groups excluding carboxylic acids is 1. The highest BCUT2D eigenvalue weighted by Gasteiger charge is 2.41. The van der Waals surface area contributed by atoms with E-state index in [1.54, 1.807) is 6.07 Å². The molecule has 3 rings (SSSR count). The molecule has 1 aliphatic heterocycles. The normalized spacial score (nSPS) is 18.5. The molecule has 1 fully saturated rings. The van der Waals surface area contributed by atoms with Gasteiger partial charge in [-0.05, 0) is 36.4 Å². The molecule has 1 amide bonds. The van der Waals surface area contributed by atoms with Crippen LogP contribution in [0.3, 0.4) is 0 Å². The van der Waals surface area contributed by atoms with Crippen LogP contribution in [0.1, 0.15) is 6.92 Å². The Labute approximate surface area is 169 Å². The van der Waals surface area contributed by atoms with Crippen LogP contribution in [0.4, 0.5) is 11.4 Å². The zero-order chi connectivity index (χ0) is 21.4. The van der Waals surface area contributed by atoms with Crippen LogP contribution in [-0.2, 0) is 24.8 Å². The molecule has 1 saturated heterocycles. The van der Waals surface area contributed by atoms with Crippen LogP contribution in [-0.4, -0.2) is 42.7 Å². The molecule has 0 bridgehead atoms. The van der Waals surface area contributed by atoms with Crippen molar-refractivity contribution in [3.8, 4) is 11.5 Å². The molecular formula is C18H20N2O7S2. The first kappa shape index (κ1) is 20.9. The minimum atomic E-state index is -3.95. The van der Waals surface area contributed by atoms with Crippen molar-refractivity contribution in [2.24, 2.45) is 5.92 Å². The van der Waals surface area contributed by atoms with Crippen molar-refractivity contribution < 1.29 is 31.1 Å². The molecule has 0 saturated carbocycles. The lowest BCUT2D eigenvalue weighted by Crippen LogP contribution is -2.30. The van der Waals surface area contributed by atoms with Crippen molar-refractivity contribution in [2.75, 3.05) is 29.0 Å². The molecule has 1 N–H and O–H groups in total. The van der Waals surface area contributed by atoms with E-state index in [4.69, 9.17) is 9.47 Å². The molecule has 156 valence electrons. The number of nitrogens with one attached hydrogen (secondary N) is 1. The lowest BCUT2D eigenvalue weighted by molar-refractivity contribution is -0.119. The second-order valence-corrected chi connectivity index (χ2v) is 10.00. The van der Waals surface area contributed by atoms with Gasteiger partial charge in [-0.1, -0.05) is 6.92 Å². The molecule has 9 nitrogen and oxygen atoms in total. The molecule has 0 aliphatic carbocycles. The zero-order valence-electron chi connectivity index (χ0n) is 15.9. The summed E-state index contributed by atoms with van der Waals surface area (Å²) >= 11 is 0. The highest BCUT2D eigenvalue weighted by atomic mass is 32.2. The molecule has 0 aromatic heterocycles. The summed E-state index contributed by atoms with van der Waals surface area (Å²) in [6.45, 7) is 1.53. The fourth-order valence-electron chi connectivity index (χ4n) is 2.96. The molecule has 11 heteroatoms. The van der Waals surface area contributed by atoms with E-state index < -0.39 is 31.9 Å². The Morgan fingerprint density at radius 2 is 1.66 bits per heavy atom. The van der Waals surface area contributed by atoms with Gasteiger partial charge in [-0.25, -0.2) is 21.1 Å². The van der Waals surface area contributed by atoms with Crippen LogP contribution in [0, 0.1) is 5.92 Å². The summed E-state index contributed by atoms with van der Waals surface area (Å²) < 4.78 is 63.1. The largest absolute Gasteiger partial charge is 0.493 e. The van der Waals surface area contributed by atoms with Crippen LogP contribution < -0.4 is 18.5 Å². The third kappa shape index (κ3) is 4.01. The van der Waals surface area contributed by atoms with Crippen molar-refractivity contribution in [1.29, 1.82) is 0 Å². The molecule has 29 heavy (non-hydrogen) atoms. The van der Waals surface area contributed by atoms with E-state index in [1.165, 1.54) is 57.5 Å². The Balaban J connectivity index is 1.87. The van der Waals surface area contributed by atoms with E-state index in [2.05, 4.69) is 4.72 Å². The molecule has 2 aromatic carbocycles. The van der Waals surface area contributed by atoms with Gasteiger partial charge in [-0.15, -0.1) is 0 Å². The molecule has 1 heterocycles. The standard InChI is InChI=1S/C18H20N2O7S2/c1-12-11-28(22,23)20(18(12)21)14-5-7-15(8-6-14)29(24,25)19-13-4-9-16(26-2)17(10-13)27-3/h4-10,12,19H,11H2,1-3H3. The quantitative estimate of drug-likeness (QED) is 0.728. The van der Waals surface area contributed by atoms with E-state index in [-0.39, 0.29) is 22.0 Å². The summed E-state index contributed by atoms with van der Waals surface area (Å²) in [5.74, 6) is -0.646. The molecule has 1 unspecified atom stereocenters. The van der Waals surface area contributed by atoms with Gasteiger partial charge in [0.1, 0.15) is 0 Å². The summed E-state index contributed by atoms with van der Waals surface area (Å²) in [6.07, 6.45) is 0. The number of methoxy groups -OCH3 is 2. The van der Waals surface area contributed by atoms with Crippen LogP contribution in [0.25, 0.3) is 0 Å². The van der Waals surface area contributed by atoms with Gasteiger partial charge in [0, 0.05) is 6.07 Å². The minimum absolute atomic E-state index is 0.0897. The average molecular weight is 440 g/mol. The van der Waals surface area contributed by atoms with Crippen molar-refractivity contribution in [2.45, 2.75) is 11.8 Å². The van der Waals surface area contributed by atoms with E-state index in [1.807, 2.05) is 0 Å². The lowest BCUT2D eigenvalue weighted by atomic mass is 10.2. The van der Waals surface area contributed by atoms with Gasteiger partial charge in [0.25, 0.3) is 10.0 Å². The molecule has 2 aromatic rings. The summed E-state index contributed by atoms with van der Waals surface area (Å²) in [6, 6.07) is 9.61. The number of amides is 1. The first-order chi connectivity index (χ1) is 13.6. The van der Waals surface area contributed by atoms with Gasteiger partial charge >= 0.3 is 0 Å².